The minimum atomic E-state index is -2.54. The fourth-order valence-electron chi connectivity index (χ4n) is 0.868. The van der Waals surface area contributed by atoms with Crippen LogP contribution in [0.4, 0.5) is 0 Å². The van der Waals surface area contributed by atoms with Crippen LogP contribution >= 0.6 is 35.0 Å². The summed E-state index contributed by atoms with van der Waals surface area (Å²) in [6, 6.07) is 7.30. The molecule has 0 spiro atoms. The molecular weight excluding hydrogens is 337 g/mol. The Labute approximate surface area is 121 Å². The molecule has 0 atom stereocenters. The molecule has 0 aliphatic rings. The zero-order valence-corrected chi connectivity index (χ0v) is 13.6. The second-order valence-electron chi connectivity index (χ2n) is 2.90. The number of halogens is 2. The standard InChI is InChI=1S/C8H8Cl2N2OP2S2/c1-12(15(9,10)17)11-6-7-2-4-8(5-3-7)13-14-16/h2-6H,1H3/b11-6-. The monoisotopic (exact) mass is 344 g/mol. The summed E-state index contributed by atoms with van der Waals surface area (Å²) in [5.74, 6) is 0.715. The number of hydrogen-bond donors (Lipinski definition) is 0. The average molecular weight is 345 g/mol. The molecule has 0 unspecified atom stereocenters. The average Bonchev–Trinajstić information content (AvgIpc) is 2.27. The SMILES string of the molecule is CN(/N=C\c1ccc(OP=S)cc1)P(=S)(Cl)Cl. The van der Waals surface area contributed by atoms with E-state index >= 15 is 0 Å². The molecule has 0 aliphatic carbocycles. The van der Waals surface area contributed by atoms with E-state index in [4.69, 9.17) is 38.8 Å². The topological polar surface area (TPSA) is 24.8 Å². The lowest BCUT2D eigenvalue weighted by molar-refractivity contribution is 0.611. The zero-order chi connectivity index (χ0) is 12.9. The second kappa shape index (κ2) is 6.98. The molecule has 1 rings (SSSR count). The molecule has 9 heteroatoms. The molecule has 0 amide bonds. The fraction of sp³-hybridized carbons (Fsp3) is 0.125. The lowest BCUT2D eigenvalue weighted by Gasteiger charge is -2.15. The third-order valence-electron chi connectivity index (χ3n) is 1.73. The summed E-state index contributed by atoms with van der Waals surface area (Å²) >= 11 is 21.1. The fourth-order valence-corrected chi connectivity index (χ4v) is 1.87. The Morgan fingerprint density at radius 2 is 2.00 bits per heavy atom. The number of nitrogens with zero attached hydrogens (tertiary/aromatic N) is 2. The summed E-state index contributed by atoms with van der Waals surface area (Å²) in [5.41, 5.74) is 0.891. The summed E-state index contributed by atoms with van der Waals surface area (Å²) in [6.07, 6.45) is 1.63. The first-order chi connectivity index (χ1) is 7.93. The molecule has 92 valence electrons. The van der Waals surface area contributed by atoms with Gasteiger partial charge < -0.3 is 4.52 Å². The van der Waals surface area contributed by atoms with E-state index in [1.165, 1.54) is 4.78 Å². The molecule has 1 aromatic rings. The molecule has 3 nitrogen and oxygen atoms in total. The molecule has 0 saturated heterocycles. The van der Waals surface area contributed by atoms with Gasteiger partial charge in [0.2, 0.25) is 12.5 Å². The van der Waals surface area contributed by atoms with Gasteiger partial charge in [-0.05, 0) is 75.9 Å². The number of hydrazone groups is 1. The van der Waals surface area contributed by atoms with Gasteiger partial charge in [0.25, 0.3) is 0 Å². The Kier molecular flexibility index (Phi) is 6.28. The van der Waals surface area contributed by atoms with Crippen LogP contribution in [0, 0.1) is 0 Å². The van der Waals surface area contributed by atoms with Gasteiger partial charge in [0, 0.05) is 7.05 Å². The Hall–Kier alpha value is 0.240. The van der Waals surface area contributed by atoms with E-state index < -0.39 is 4.89 Å². The molecule has 0 aromatic heterocycles. The zero-order valence-electron chi connectivity index (χ0n) is 8.66. The smallest absolute Gasteiger partial charge is 0.222 e. The first-order valence-corrected chi connectivity index (χ1v) is 10.7. The lowest BCUT2D eigenvalue weighted by atomic mass is 10.2. The Bertz CT molecular complexity index is 463. The Morgan fingerprint density at radius 1 is 1.41 bits per heavy atom. The Balaban J connectivity index is 2.72. The minimum Gasteiger partial charge on any atom is -0.429 e. The molecule has 0 aliphatic heterocycles. The van der Waals surface area contributed by atoms with Gasteiger partial charge >= 0.3 is 0 Å². The van der Waals surface area contributed by atoms with Gasteiger partial charge in [0.05, 0.1) is 6.21 Å². The van der Waals surface area contributed by atoms with Crippen molar-refractivity contribution in [2.75, 3.05) is 7.05 Å². The van der Waals surface area contributed by atoms with E-state index in [1.54, 1.807) is 25.4 Å². The van der Waals surface area contributed by atoms with Gasteiger partial charge in [0.1, 0.15) is 5.75 Å². The lowest BCUT2D eigenvalue weighted by Crippen LogP contribution is -2.00. The van der Waals surface area contributed by atoms with Crippen LogP contribution in [0.5, 0.6) is 5.75 Å². The highest BCUT2D eigenvalue weighted by molar-refractivity contribution is 8.37. The van der Waals surface area contributed by atoms with Crippen LogP contribution in [0.3, 0.4) is 0 Å². The largest absolute Gasteiger partial charge is 0.429 e. The summed E-state index contributed by atoms with van der Waals surface area (Å²) in [4.78, 5) is -2.54. The molecule has 17 heavy (non-hydrogen) atoms. The second-order valence-corrected chi connectivity index (χ2v) is 11.4. The maximum atomic E-state index is 5.79. The first-order valence-electron chi connectivity index (χ1n) is 4.31. The highest BCUT2D eigenvalue weighted by atomic mass is 35.9. The van der Waals surface area contributed by atoms with E-state index in [-0.39, 0.29) is 0 Å². The molecule has 0 saturated carbocycles. The van der Waals surface area contributed by atoms with Gasteiger partial charge in [-0.2, -0.15) is 5.10 Å². The first kappa shape index (κ1) is 15.3. The molecular formula is C8H8Cl2N2OP2S2. The van der Waals surface area contributed by atoms with Crippen LogP contribution in [0.2, 0.25) is 0 Å². The van der Waals surface area contributed by atoms with Crippen molar-refractivity contribution in [3.63, 3.8) is 0 Å². The predicted octanol–water partition coefficient (Wildman–Crippen LogP) is 4.36. The third kappa shape index (κ3) is 5.60. The normalized spacial score (nSPS) is 11.9. The van der Waals surface area contributed by atoms with E-state index in [0.29, 0.717) is 13.3 Å². The molecule has 0 heterocycles. The van der Waals surface area contributed by atoms with E-state index in [2.05, 4.69) is 16.9 Å². The van der Waals surface area contributed by atoms with Crippen molar-refractivity contribution < 1.29 is 4.52 Å². The van der Waals surface area contributed by atoms with E-state index in [1.807, 2.05) is 12.1 Å². The van der Waals surface area contributed by atoms with Crippen molar-refractivity contribution in [1.29, 1.82) is 0 Å². The van der Waals surface area contributed by atoms with Crippen molar-refractivity contribution in [3.8, 4) is 5.75 Å². The van der Waals surface area contributed by atoms with Crippen LogP contribution in [0.1, 0.15) is 5.56 Å². The van der Waals surface area contributed by atoms with Gasteiger partial charge in [-0.3, -0.25) is 0 Å². The maximum absolute atomic E-state index is 5.79. The number of rotatable bonds is 5. The highest BCUT2D eigenvalue weighted by Gasteiger charge is 2.12. The molecule has 0 N–H and O–H groups in total. The quantitative estimate of drug-likeness (QED) is 0.450. The third-order valence-corrected chi connectivity index (χ3v) is 5.04. The minimum absolute atomic E-state index is 0.449. The van der Waals surface area contributed by atoms with Crippen molar-refractivity contribution in [3.05, 3.63) is 29.8 Å². The van der Waals surface area contributed by atoms with Crippen molar-refractivity contribution in [1.82, 2.24) is 4.78 Å². The van der Waals surface area contributed by atoms with Gasteiger partial charge in [0.15, 0.2) is 0 Å². The van der Waals surface area contributed by atoms with Crippen LogP contribution in [-0.4, -0.2) is 18.0 Å². The van der Waals surface area contributed by atoms with Gasteiger partial charge in [-0.15, -0.1) is 0 Å². The molecule has 0 bridgehead atoms. The predicted molar refractivity (Wildman–Crippen MR) is 82.7 cm³/mol. The van der Waals surface area contributed by atoms with Crippen molar-refractivity contribution >= 4 is 64.8 Å². The summed E-state index contributed by atoms with van der Waals surface area (Å²) in [6.45, 7) is 0. The summed E-state index contributed by atoms with van der Waals surface area (Å²) in [5, 5.41) is 4.07. The summed E-state index contributed by atoms with van der Waals surface area (Å²) < 4.78 is 6.51. The van der Waals surface area contributed by atoms with E-state index in [0.717, 1.165) is 5.56 Å². The molecule has 0 fully saturated rings. The van der Waals surface area contributed by atoms with Gasteiger partial charge in [-0.1, -0.05) is 0 Å². The van der Waals surface area contributed by atoms with Gasteiger partial charge in [-0.25, -0.2) is 4.78 Å². The van der Waals surface area contributed by atoms with Crippen LogP contribution in [-0.2, 0) is 23.6 Å². The van der Waals surface area contributed by atoms with Crippen LogP contribution in [0.25, 0.3) is 0 Å². The van der Waals surface area contributed by atoms with Crippen molar-refractivity contribution in [2.24, 2.45) is 5.10 Å². The number of benzene rings is 1. The molecule has 0 radical (unpaired) electrons. The maximum Gasteiger partial charge on any atom is 0.222 e. The van der Waals surface area contributed by atoms with Crippen molar-refractivity contribution in [2.45, 2.75) is 0 Å². The molecule has 1 aromatic carbocycles. The van der Waals surface area contributed by atoms with Crippen LogP contribution in [0.15, 0.2) is 29.4 Å². The highest BCUT2D eigenvalue weighted by Crippen LogP contribution is 2.59. The van der Waals surface area contributed by atoms with Crippen LogP contribution < -0.4 is 4.52 Å². The van der Waals surface area contributed by atoms with E-state index in [9.17, 15) is 0 Å². The summed E-state index contributed by atoms with van der Waals surface area (Å²) in [7, 11) is 2.09. The Morgan fingerprint density at radius 3 is 2.47 bits per heavy atom. The number of hydrogen-bond acceptors (Lipinski definition) is 4.